The van der Waals surface area contributed by atoms with Gasteiger partial charge in [-0.15, -0.1) is 0 Å². The van der Waals surface area contributed by atoms with Gasteiger partial charge in [-0.1, -0.05) is 30.3 Å². The van der Waals surface area contributed by atoms with Crippen LogP contribution in [0.5, 0.6) is 0 Å². The summed E-state index contributed by atoms with van der Waals surface area (Å²) < 4.78 is 27.7. The first-order valence-electron chi connectivity index (χ1n) is 6.61. The predicted molar refractivity (Wildman–Crippen MR) is 84.1 cm³/mol. The lowest BCUT2D eigenvalue weighted by atomic mass is 10.2. The highest BCUT2D eigenvalue weighted by atomic mass is 32.2. The highest BCUT2D eigenvalue weighted by molar-refractivity contribution is 7.91. The topological polar surface area (TPSA) is 85.2 Å². The quantitative estimate of drug-likeness (QED) is 0.871. The summed E-state index contributed by atoms with van der Waals surface area (Å²) >= 11 is 0. The number of sulfonamides is 1. The van der Waals surface area contributed by atoms with Gasteiger partial charge in [-0.05, 0) is 24.6 Å². The Bertz CT molecular complexity index is 826. The van der Waals surface area contributed by atoms with Gasteiger partial charge in [-0.2, -0.15) is 0 Å². The first kappa shape index (κ1) is 16.0. The lowest BCUT2D eigenvalue weighted by Crippen LogP contribution is -2.27. The van der Waals surface area contributed by atoms with Crippen molar-refractivity contribution in [3.05, 3.63) is 64.6 Å². The van der Waals surface area contributed by atoms with Crippen molar-refractivity contribution in [2.24, 2.45) is 0 Å². The van der Waals surface area contributed by atoms with Gasteiger partial charge in [0.15, 0.2) is 0 Å². The van der Waals surface area contributed by atoms with E-state index in [9.17, 15) is 18.0 Å². The third kappa shape index (κ3) is 4.29. The molecule has 6 nitrogen and oxygen atoms in total. The molecule has 0 saturated heterocycles. The number of nitrogens with zero attached hydrogens (tertiary/aromatic N) is 1. The Morgan fingerprint density at radius 1 is 1.14 bits per heavy atom. The highest BCUT2D eigenvalue weighted by Gasteiger charge is 2.14. The number of carbonyl (C=O) groups is 1. The van der Waals surface area contributed by atoms with Crippen molar-refractivity contribution < 1.29 is 13.2 Å². The number of pyridine rings is 1. The Morgan fingerprint density at radius 3 is 2.45 bits per heavy atom. The van der Waals surface area contributed by atoms with Crippen LogP contribution in [0.2, 0.25) is 0 Å². The SMILES string of the molecule is CC(=O)Cn1cccc(NS(=O)(=O)Cc2ccccc2)c1=O. The molecule has 116 valence electrons. The minimum absolute atomic E-state index is 0.0697. The zero-order valence-corrected chi connectivity index (χ0v) is 12.8. The van der Waals surface area contributed by atoms with Crippen molar-refractivity contribution in [2.75, 3.05) is 4.72 Å². The van der Waals surface area contributed by atoms with Crippen molar-refractivity contribution in [3.8, 4) is 0 Å². The molecule has 0 unspecified atom stereocenters. The second kappa shape index (κ2) is 6.57. The fourth-order valence-corrected chi connectivity index (χ4v) is 3.17. The van der Waals surface area contributed by atoms with Gasteiger partial charge in [0.2, 0.25) is 10.0 Å². The minimum Gasteiger partial charge on any atom is -0.306 e. The number of carbonyl (C=O) groups excluding carboxylic acids is 1. The minimum atomic E-state index is -3.70. The molecule has 0 spiro atoms. The van der Waals surface area contributed by atoms with E-state index in [4.69, 9.17) is 0 Å². The fraction of sp³-hybridized carbons (Fsp3) is 0.200. The van der Waals surface area contributed by atoms with Crippen LogP contribution in [-0.4, -0.2) is 18.8 Å². The molecule has 1 aromatic carbocycles. The molecular formula is C15H16N2O4S. The summed E-state index contributed by atoms with van der Waals surface area (Å²) in [6, 6.07) is 11.6. The standard InChI is InChI=1S/C15H16N2O4S/c1-12(18)10-17-9-5-8-14(15(17)19)16-22(20,21)11-13-6-3-2-4-7-13/h2-9,16H,10-11H2,1H3. The van der Waals surface area contributed by atoms with Crippen LogP contribution >= 0.6 is 0 Å². The summed E-state index contributed by atoms with van der Waals surface area (Å²) in [4.78, 5) is 23.2. The third-order valence-corrected chi connectivity index (χ3v) is 4.12. The fourth-order valence-electron chi connectivity index (χ4n) is 1.98. The average Bonchev–Trinajstić information content (AvgIpc) is 2.43. The first-order chi connectivity index (χ1) is 10.4. The number of hydrogen-bond acceptors (Lipinski definition) is 4. The number of rotatable bonds is 6. The molecule has 0 amide bonds. The zero-order valence-electron chi connectivity index (χ0n) is 12.0. The maximum atomic E-state index is 12.1. The Kier molecular flexibility index (Phi) is 4.77. The summed E-state index contributed by atoms with van der Waals surface area (Å²) in [6.07, 6.45) is 1.44. The molecule has 1 heterocycles. The predicted octanol–water partition coefficient (Wildman–Crippen LogP) is 1.38. The lowest BCUT2D eigenvalue weighted by Gasteiger charge is -2.09. The van der Waals surface area contributed by atoms with E-state index in [0.717, 1.165) is 0 Å². The third-order valence-electron chi connectivity index (χ3n) is 2.88. The molecule has 0 aliphatic carbocycles. The molecule has 0 saturated carbocycles. The van der Waals surface area contributed by atoms with Gasteiger partial charge >= 0.3 is 0 Å². The van der Waals surface area contributed by atoms with Crippen LogP contribution in [0.25, 0.3) is 0 Å². The Morgan fingerprint density at radius 2 is 1.82 bits per heavy atom. The molecule has 7 heteroatoms. The second-order valence-electron chi connectivity index (χ2n) is 4.90. The van der Waals surface area contributed by atoms with Crippen LogP contribution < -0.4 is 10.3 Å². The van der Waals surface area contributed by atoms with E-state index < -0.39 is 15.6 Å². The normalized spacial score (nSPS) is 11.1. The number of ketones is 1. The number of Topliss-reactive ketones (excluding diaryl/α,β-unsaturated/α-hetero) is 1. The van der Waals surface area contributed by atoms with Gasteiger partial charge in [-0.3, -0.25) is 14.3 Å². The summed E-state index contributed by atoms with van der Waals surface area (Å²) in [5, 5.41) is 0. The molecular weight excluding hydrogens is 304 g/mol. The monoisotopic (exact) mass is 320 g/mol. The summed E-state index contributed by atoms with van der Waals surface area (Å²) in [5.41, 5.74) is 0.00371. The maximum absolute atomic E-state index is 12.1. The zero-order chi connectivity index (χ0) is 16.2. The number of benzene rings is 1. The van der Waals surface area contributed by atoms with Crippen LogP contribution in [0.1, 0.15) is 12.5 Å². The number of nitrogens with one attached hydrogen (secondary N) is 1. The maximum Gasteiger partial charge on any atom is 0.275 e. The van der Waals surface area contributed by atoms with Crippen molar-refractivity contribution in [3.63, 3.8) is 0 Å². The van der Waals surface area contributed by atoms with Gasteiger partial charge in [0.25, 0.3) is 5.56 Å². The van der Waals surface area contributed by atoms with E-state index >= 15 is 0 Å². The smallest absolute Gasteiger partial charge is 0.275 e. The molecule has 0 atom stereocenters. The van der Waals surface area contributed by atoms with Gasteiger partial charge in [0.05, 0.1) is 12.3 Å². The first-order valence-corrected chi connectivity index (χ1v) is 8.26. The van der Waals surface area contributed by atoms with Gasteiger partial charge in [0, 0.05) is 6.20 Å². The molecule has 1 aromatic heterocycles. The van der Waals surface area contributed by atoms with Crippen molar-refractivity contribution >= 4 is 21.5 Å². The van der Waals surface area contributed by atoms with Gasteiger partial charge in [0.1, 0.15) is 11.5 Å². The molecule has 0 aliphatic rings. The Hall–Kier alpha value is -2.41. The van der Waals surface area contributed by atoms with Crippen LogP contribution in [0.15, 0.2) is 53.5 Å². The summed E-state index contributed by atoms with van der Waals surface area (Å²) in [6.45, 7) is 1.27. The van der Waals surface area contributed by atoms with Crippen molar-refractivity contribution in [2.45, 2.75) is 19.2 Å². The highest BCUT2D eigenvalue weighted by Crippen LogP contribution is 2.09. The lowest BCUT2D eigenvalue weighted by molar-refractivity contribution is -0.117. The van der Waals surface area contributed by atoms with E-state index in [0.29, 0.717) is 5.56 Å². The molecule has 2 aromatic rings. The molecule has 0 fully saturated rings. The van der Waals surface area contributed by atoms with E-state index in [1.54, 1.807) is 30.3 Å². The van der Waals surface area contributed by atoms with Gasteiger partial charge in [-0.25, -0.2) is 8.42 Å². The number of aromatic nitrogens is 1. The van der Waals surface area contributed by atoms with Crippen molar-refractivity contribution in [1.82, 2.24) is 4.57 Å². The Labute approximate surface area is 128 Å². The van der Waals surface area contributed by atoms with Crippen LogP contribution in [0.3, 0.4) is 0 Å². The van der Waals surface area contributed by atoms with Crippen LogP contribution in [0.4, 0.5) is 5.69 Å². The average molecular weight is 320 g/mol. The molecule has 1 N–H and O–H groups in total. The Balaban J connectivity index is 2.23. The number of anilines is 1. The molecule has 0 aliphatic heterocycles. The molecule has 22 heavy (non-hydrogen) atoms. The molecule has 2 rings (SSSR count). The molecule has 0 bridgehead atoms. The molecule has 0 radical (unpaired) electrons. The van der Waals surface area contributed by atoms with Gasteiger partial charge < -0.3 is 4.57 Å². The largest absolute Gasteiger partial charge is 0.306 e. The van der Waals surface area contributed by atoms with Crippen LogP contribution in [0, 0.1) is 0 Å². The summed E-state index contributed by atoms with van der Waals surface area (Å²) in [7, 11) is -3.70. The van der Waals surface area contributed by atoms with Crippen LogP contribution in [-0.2, 0) is 27.1 Å². The van der Waals surface area contributed by atoms with E-state index in [1.165, 1.54) is 29.8 Å². The van der Waals surface area contributed by atoms with E-state index in [-0.39, 0.29) is 23.8 Å². The van der Waals surface area contributed by atoms with Crippen molar-refractivity contribution in [1.29, 1.82) is 0 Å². The second-order valence-corrected chi connectivity index (χ2v) is 6.63. The summed E-state index contributed by atoms with van der Waals surface area (Å²) in [5.74, 6) is -0.416. The van der Waals surface area contributed by atoms with E-state index in [1.807, 2.05) is 0 Å². The van der Waals surface area contributed by atoms with E-state index in [2.05, 4.69) is 4.72 Å². The number of hydrogen-bond donors (Lipinski definition) is 1.